The van der Waals surface area contributed by atoms with Crippen LogP contribution in [-0.4, -0.2) is 32.8 Å². The second-order valence-electron chi connectivity index (χ2n) is 5.51. The maximum absolute atomic E-state index is 10.8. The molecule has 0 amide bonds. The van der Waals surface area contributed by atoms with Crippen molar-refractivity contribution in [2.24, 2.45) is 5.41 Å². The first kappa shape index (κ1) is 13.4. The lowest BCUT2D eigenvalue weighted by Gasteiger charge is -2.19. The second-order valence-corrected chi connectivity index (χ2v) is 6.66. The number of thioether (sulfide) groups is 1. The summed E-state index contributed by atoms with van der Waals surface area (Å²) < 4.78 is 5.66. The SMILES string of the molecule is CC(C)(CC(=O)O)Cc1nnc(C2CCSC2)o1. The Kier molecular flexibility index (Phi) is 3.94. The van der Waals surface area contributed by atoms with E-state index in [9.17, 15) is 4.79 Å². The van der Waals surface area contributed by atoms with E-state index >= 15 is 0 Å². The molecule has 2 rings (SSSR count). The largest absolute Gasteiger partial charge is 0.481 e. The van der Waals surface area contributed by atoms with Crippen molar-refractivity contribution >= 4 is 17.7 Å². The van der Waals surface area contributed by atoms with E-state index in [2.05, 4.69) is 10.2 Å². The molecule has 0 aliphatic carbocycles. The average molecular weight is 270 g/mol. The van der Waals surface area contributed by atoms with Crippen LogP contribution < -0.4 is 0 Å². The number of nitrogens with zero attached hydrogens (tertiary/aromatic N) is 2. The van der Waals surface area contributed by atoms with Gasteiger partial charge in [0.05, 0.1) is 6.42 Å². The minimum atomic E-state index is -0.799. The molecule has 1 aliphatic heterocycles. The molecule has 1 fully saturated rings. The third-order valence-corrected chi connectivity index (χ3v) is 4.18. The summed E-state index contributed by atoms with van der Waals surface area (Å²) in [5.74, 6) is 3.02. The minimum Gasteiger partial charge on any atom is -0.481 e. The fourth-order valence-electron chi connectivity index (χ4n) is 2.11. The molecule has 0 bridgehead atoms. The van der Waals surface area contributed by atoms with Gasteiger partial charge in [-0.25, -0.2) is 0 Å². The molecule has 18 heavy (non-hydrogen) atoms. The summed E-state index contributed by atoms with van der Waals surface area (Å²) in [4.78, 5) is 10.8. The van der Waals surface area contributed by atoms with Gasteiger partial charge in [0.2, 0.25) is 11.8 Å². The molecule has 0 aromatic carbocycles. The summed E-state index contributed by atoms with van der Waals surface area (Å²) in [5.41, 5.74) is -0.361. The standard InChI is InChI=1S/C12H18N2O3S/c1-12(2,6-10(15)16)5-9-13-14-11(17-9)8-3-4-18-7-8/h8H,3-7H2,1-2H3,(H,15,16). The molecular formula is C12H18N2O3S. The van der Waals surface area contributed by atoms with E-state index in [1.807, 2.05) is 25.6 Å². The third-order valence-electron chi connectivity index (χ3n) is 3.02. The van der Waals surface area contributed by atoms with Gasteiger partial charge in [0.1, 0.15) is 0 Å². The van der Waals surface area contributed by atoms with Gasteiger partial charge in [-0.05, 0) is 17.6 Å². The quantitative estimate of drug-likeness (QED) is 0.885. The molecule has 1 saturated heterocycles. The summed E-state index contributed by atoms with van der Waals surface area (Å²) in [5, 5.41) is 17.0. The van der Waals surface area contributed by atoms with E-state index in [0.717, 1.165) is 17.9 Å². The van der Waals surface area contributed by atoms with Gasteiger partial charge in [0.25, 0.3) is 0 Å². The normalized spacial score (nSPS) is 20.2. The van der Waals surface area contributed by atoms with Crippen LogP contribution in [0.2, 0.25) is 0 Å². The lowest BCUT2D eigenvalue weighted by atomic mass is 9.86. The summed E-state index contributed by atoms with van der Waals surface area (Å²) in [6, 6.07) is 0. The Morgan fingerprint density at radius 3 is 2.94 bits per heavy atom. The average Bonchev–Trinajstić information content (AvgIpc) is 2.82. The van der Waals surface area contributed by atoms with E-state index < -0.39 is 5.97 Å². The maximum Gasteiger partial charge on any atom is 0.303 e. The highest BCUT2D eigenvalue weighted by atomic mass is 32.2. The van der Waals surface area contributed by atoms with Crippen molar-refractivity contribution in [1.82, 2.24) is 10.2 Å². The zero-order valence-electron chi connectivity index (χ0n) is 10.7. The number of aliphatic carboxylic acids is 1. The summed E-state index contributed by atoms with van der Waals surface area (Å²) >= 11 is 1.90. The fraction of sp³-hybridized carbons (Fsp3) is 0.750. The second kappa shape index (κ2) is 5.30. The zero-order chi connectivity index (χ0) is 13.2. The molecule has 0 saturated carbocycles. The van der Waals surface area contributed by atoms with Crippen molar-refractivity contribution in [3.8, 4) is 0 Å². The molecule has 6 heteroatoms. The first-order valence-corrected chi connectivity index (χ1v) is 7.23. The van der Waals surface area contributed by atoms with Crippen LogP contribution in [0, 0.1) is 5.41 Å². The van der Waals surface area contributed by atoms with Gasteiger partial charge in [0.15, 0.2) is 0 Å². The number of hydrogen-bond acceptors (Lipinski definition) is 5. The van der Waals surface area contributed by atoms with Crippen LogP contribution in [-0.2, 0) is 11.2 Å². The third kappa shape index (κ3) is 3.48. The van der Waals surface area contributed by atoms with Crippen molar-refractivity contribution < 1.29 is 14.3 Å². The highest BCUT2D eigenvalue weighted by Gasteiger charge is 2.27. The molecule has 100 valence electrons. The smallest absolute Gasteiger partial charge is 0.303 e. The van der Waals surface area contributed by atoms with Gasteiger partial charge in [0, 0.05) is 18.1 Å². The number of carbonyl (C=O) groups is 1. The molecule has 0 spiro atoms. The number of aromatic nitrogens is 2. The molecule has 1 atom stereocenters. The predicted octanol–water partition coefficient (Wildman–Crippen LogP) is 2.33. The Labute approximate surface area is 110 Å². The first-order chi connectivity index (χ1) is 8.46. The highest BCUT2D eigenvalue weighted by molar-refractivity contribution is 7.99. The molecule has 1 N–H and O–H groups in total. The van der Waals surface area contributed by atoms with E-state index in [-0.39, 0.29) is 11.8 Å². The number of carboxylic acids is 1. The van der Waals surface area contributed by atoms with Crippen LogP contribution in [0.5, 0.6) is 0 Å². The fourth-order valence-corrected chi connectivity index (χ4v) is 3.33. The number of rotatable bonds is 5. The van der Waals surface area contributed by atoms with Crippen molar-refractivity contribution in [1.29, 1.82) is 0 Å². The van der Waals surface area contributed by atoms with Crippen LogP contribution >= 0.6 is 11.8 Å². The predicted molar refractivity (Wildman–Crippen MR) is 68.7 cm³/mol. The maximum atomic E-state index is 10.8. The molecular weight excluding hydrogens is 252 g/mol. The van der Waals surface area contributed by atoms with Crippen LogP contribution in [0.1, 0.15) is 44.4 Å². The van der Waals surface area contributed by atoms with Crippen molar-refractivity contribution in [2.45, 2.75) is 39.0 Å². The van der Waals surface area contributed by atoms with Gasteiger partial charge in [-0.3, -0.25) is 4.79 Å². The van der Waals surface area contributed by atoms with Gasteiger partial charge < -0.3 is 9.52 Å². The summed E-state index contributed by atoms with van der Waals surface area (Å²) in [7, 11) is 0. The monoisotopic (exact) mass is 270 g/mol. The first-order valence-electron chi connectivity index (χ1n) is 6.08. The lowest BCUT2D eigenvalue weighted by molar-refractivity contribution is -0.139. The van der Waals surface area contributed by atoms with Gasteiger partial charge in [-0.15, -0.1) is 10.2 Å². The van der Waals surface area contributed by atoms with E-state index in [1.165, 1.54) is 0 Å². The molecule has 1 unspecified atom stereocenters. The van der Waals surface area contributed by atoms with E-state index in [0.29, 0.717) is 24.1 Å². The van der Waals surface area contributed by atoms with Gasteiger partial charge in [-0.2, -0.15) is 11.8 Å². The lowest BCUT2D eigenvalue weighted by Crippen LogP contribution is -2.19. The van der Waals surface area contributed by atoms with Gasteiger partial charge in [-0.1, -0.05) is 13.8 Å². The Morgan fingerprint density at radius 1 is 1.56 bits per heavy atom. The Balaban J connectivity index is 1.99. The Bertz CT molecular complexity index is 425. The topological polar surface area (TPSA) is 76.2 Å². The zero-order valence-corrected chi connectivity index (χ0v) is 11.5. The Hall–Kier alpha value is -1.04. The molecule has 5 nitrogen and oxygen atoms in total. The van der Waals surface area contributed by atoms with Crippen LogP contribution in [0.3, 0.4) is 0 Å². The Morgan fingerprint density at radius 2 is 2.33 bits per heavy atom. The summed E-state index contributed by atoms with van der Waals surface area (Å²) in [6.45, 7) is 3.80. The molecule has 1 aromatic rings. The van der Waals surface area contributed by atoms with Crippen molar-refractivity contribution in [2.75, 3.05) is 11.5 Å². The summed E-state index contributed by atoms with van der Waals surface area (Å²) in [6.07, 6.45) is 1.70. The van der Waals surface area contributed by atoms with E-state index in [4.69, 9.17) is 9.52 Å². The highest BCUT2D eigenvalue weighted by Crippen LogP contribution is 2.32. The van der Waals surface area contributed by atoms with Gasteiger partial charge >= 0.3 is 5.97 Å². The molecule has 1 aliphatic rings. The van der Waals surface area contributed by atoms with Crippen molar-refractivity contribution in [3.63, 3.8) is 0 Å². The van der Waals surface area contributed by atoms with Crippen LogP contribution in [0.4, 0.5) is 0 Å². The van der Waals surface area contributed by atoms with Crippen LogP contribution in [0.15, 0.2) is 4.42 Å². The molecule has 1 aromatic heterocycles. The minimum absolute atomic E-state index is 0.101. The van der Waals surface area contributed by atoms with Crippen LogP contribution in [0.25, 0.3) is 0 Å². The number of hydrogen-bond donors (Lipinski definition) is 1. The molecule has 0 radical (unpaired) electrons. The van der Waals surface area contributed by atoms with E-state index in [1.54, 1.807) is 0 Å². The van der Waals surface area contributed by atoms with Crippen molar-refractivity contribution in [3.05, 3.63) is 11.8 Å². The number of carboxylic acid groups (broad SMARTS) is 1. The molecule has 2 heterocycles.